The van der Waals surface area contributed by atoms with Crippen LogP contribution in [0.25, 0.3) is 22.3 Å². The average molecular weight is 715 g/mol. The van der Waals surface area contributed by atoms with Crippen LogP contribution in [0.5, 0.6) is 17.2 Å². The molecule has 0 spiro atoms. The maximum absolute atomic E-state index is 13.5. The number of fused-ring (bicyclic) bond motifs is 1. The van der Waals surface area contributed by atoms with Gasteiger partial charge < -0.3 is 54.8 Å². The van der Waals surface area contributed by atoms with Crippen molar-refractivity contribution >= 4 is 28.8 Å². The van der Waals surface area contributed by atoms with Gasteiger partial charge in [-0.3, -0.25) is 14.4 Å². The van der Waals surface area contributed by atoms with Crippen LogP contribution in [0.4, 0.5) is 0 Å². The molecule has 1 aliphatic rings. The van der Waals surface area contributed by atoms with Crippen molar-refractivity contribution in [1.29, 1.82) is 0 Å². The Balaban J connectivity index is 1.57. The highest BCUT2D eigenvalue weighted by Gasteiger charge is 2.49. The van der Waals surface area contributed by atoms with E-state index in [1.54, 1.807) is 65.0 Å². The fraction of sp³-hybridized carbons (Fsp3) is 0.500. The van der Waals surface area contributed by atoms with Gasteiger partial charge in [-0.2, -0.15) is 0 Å². The van der Waals surface area contributed by atoms with Crippen molar-refractivity contribution in [3.63, 3.8) is 0 Å². The van der Waals surface area contributed by atoms with Gasteiger partial charge in [0.15, 0.2) is 23.0 Å². The SMILES string of the molecule is CC(C)C[C@@H](NC(=O)[C@H](NC(=O)[C@@H]1O[C@@H](Oc2cc3oc(-c4ccccc4)cc(=O)c3c(O)c2O)[C@@H](O)[C@@H](O)[C@@H]1O)C(C)C)C(=O)OC(C)(C)C. The molecule has 2 heterocycles. The smallest absolute Gasteiger partial charge is 0.329 e. The first-order valence-corrected chi connectivity index (χ1v) is 16.6. The lowest BCUT2D eigenvalue weighted by Gasteiger charge is -2.40. The maximum Gasteiger partial charge on any atom is 0.329 e. The van der Waals surface area contributed by atoms with Crippen LogP contribution in [0, 0.1) is 11.8 Å². The zero-order valence-corrected chi connectivity index (χ0v) is 29.4. The minimum Gasteiger partial charge on any atom is -0.504 e. The molecule has 278 valence electrons. The summed E-state index contributed by atoms with van der Waals surface area (Å²) in [6, 6.07) is 8.49. The highest BCUT2D eigenvalue weighted by molar-refractivity contribution is 5.92. The Morgan fingerprint density at radius 2 is 1.55 bits per heavy atom. The van der Waals surface area contributed by atoms with Gasteiger partial charge in [0.2, 0.25) is 17.9 Å². The number of esters is 1. The Morgan fingerprint density at radius 3 is 2.14 bits per heavy atom. The molecular weight excluding hydrogens is 668 g/mol. The van der Waals surface area contributed by atoms with Crippen LogP contribution in [0.1, 0.15) is 54.9 Å². The van der Waals surface area contributed by atoms with E-state index in [-0.39, 0.29) is 29.1 Å². The molecule has 2 amide bonds. The number of aromatic hydroxyl groups is 2. The monoisotopic (exact) mass is 714 g/mol. The molecule has 3 aromatic rings. The van der Waals surface area contributed by atoms with Gasteiger partial charge in [-0.25, -0.2) is 4.79 Å². The summed E-state index contributed by atoms with van der Waals surface area (Å²) in [6.07, 6.45) is -9.61. The fourth-order valence-corrected chi connectivity index (χ4v) is 5.48. The summed E-state index contributed by atoms with van der Waals surface area (Å²) in [6.45, 7) is 12.1. The molecule has 51 heavy (non-hydrogen) atoms. The zero-order valence-electron chi connectivity index (χ0n) is 29.4. The summed E-state index contributed by atoms with van der Waals surface area (Å²) in [7, 11) is 0. The van der Waals surface area contributed by atoms with Crippen molar-refractivity contribution in [2.24, 2.45) is 11.8 Å². The normalized spacial score (nSPS) is 22.0. The van der Waals surface area contributed by atoms with E-state index in [1.165, 1.54) is 0 Å². The maximum atomic E-state index is 13.5. The lowest BCUT2D eigenvalue weighted by molar-refractivity contribution is -0.267. The number of aliphatic hydroxyl groups excluding tert-OH is 3. The molecule has 0 aliphatic carbocycles. The molecule has 4 rings (SSSR count). The van der Waals surface area contributed by atoms with Gasteiger partial charge in [0, 0.05) is 17.7 Å². The van der Waals surface area contributed by atoms with Gasteiger partial charge in [-0.1, -0.05) is 58.0 Å². The molecule has 0 unspecified atom stereocenters. The van der Waals surface area contributed by atoms with Crippen LogP contribution in [-0.2, 0) is 23.9 Å². The molecule has 0 radical (unpaired) electrons. The van der Waals surface area contributed by atoms with Gasteiger partial charge >= 0.3 is 5.97 Å². The van der Waals surface area contributed by atoms with Crippen molar-refractivity contribution < 1.29 is 58.5 Å². The van der Waals surface area contributed by atoms with Gasteiger partial charge in [-0.15, -0.1) is 0 Å². The van der Waals surface area contributed by atoms with Gasteiger partial charge in [-0.05, 0) is 39.0 Å². The summed E-state index contributed by atoms with van der Waals surface area (Å²) >= 11 is 0. The third-order valence-corrected chi connectivity index (χ3v) is 8.02. The molecule has 1 saturated heterocycles. The van der Waals surface area contributed by atoms with E-state index >= 15 is 0 Å². The van der Waals surface area contributed by atoms with Crippen molar-refractivity contribution in [3.8, 4) is 28.6 Å². The number of ether oxygens (including phenoxy) is 3. The van der Waals surface area contributed by atoms with E-state index in [0.29, 0.717) is 5.56 Å². The number of rotatable bonds is 11. The van der Waals surface area contributed by atoms with Gasteiger partial charge in [0.1, 0.15) is 52.7 Å². The average Bonchev–Trinajstić information content (AvgIpc) is 3.04. The second-order valence-corrected chi connectivity index (χ2v) is 14.3. The number of phenolic OH excluding ortho intramolecular Hbond substituents is 2. The number of nitrogens with one attached hydrogen (secondary N) is 2. The number of hydrogen-bond donors (Lipinski definition) is 7. The molecule has 0 saturated carbocycles. The van der Waals surface area contributed by atoms with E-state index in [9.17, 15) is 44.7 Å². The number of phenols is 2. The second-order valence-electron chi connectivity index (χ2n) is 14.3. The number of carbonyl (C=O) groups excluding carboxylic acids is 3. The van der Waals surface area contributed by atoms with Crippen LogP contribution in [0.2, 0.25) is 0 Å². The predicted octanol–water partition coefficient (Wildman–Crippen LogP) is 2.07. The molecule has 0 bridgehead atoms. The van der Waals surface area contributed by atoms with Crippen LogP contribution >= 0.6 is 0 Å². The largest absolute Gasteiger partial charge is 0.504 e. The van der Waals surface area contributed by atoms with Crippen molar-refractivity contribution in [3.05, 3.63) is 52.7 Å². The van der Waals surface area contributed by atoms with E-state index in [1.807, 2.05) is 13.8 Å². The first kappa shape index (κ1) is 39.1. The van der Waals surface area contributed by atoms with E-state index in [2.05, 4.69) is 10.6 Å². The summed E-state index contributed by atoms with van der Waals surface area (Å²) in [5, 5.41) is 58.3. The zero-order chi connectivity index (χ0) is 37.9. The molecule has 7 N–H and O–H groups in total. The molecular formula is C36H46N2O13. The summed E-state index contributed by atoms with van der Waals surface area (Å²) in [5.41, 5.74) is -1.16. The van der Waals surface area contributed by atoms with Crippen molar-refractivity contribution in [1.82, 2.24) is 10.6 Å². The molecule has 1 fully saturated rings. The topological polar surface area (TPSA) is 234 Å². The lowest BCUT2D eigenvalue weighted by Crippen LogP contribution is -2.64. The first-order chi connectivity index (χ1) is 23.8. The van der Waals surface area contributed by atoms with Gasteiger partial charge in [0.25, 0.3) is 5.91 Å². The first-order valence-electron chi connectivity index (χ1n) is 16.6. The Hall–Kier alpha value is -4.70. The summed E-state index contributed by atoms with van der Waals surface area (Å²) in [5.74, 6) is -5.24. The van der Waals surface area contributed by atoms with Crippen molar-refractivity contribution in [2.75, 3.05) is 0 Å². The van der Waals surface area contributed by atoms with E-state index in [4.69, 9.17) is 18.6 Å². The number of aliphatic hydroxyl groups is 3. The standard InChI is InChI=1S/C36H46N2O13/c1-16(2)13-19(34(47)51-36(5,6)7)37-32(45)25(17(3)4)38-33(46)31-29(43)28(42)30(44)35(50-31)49-23-15-22-24(27(41)26(23)40)20(39)14-21(48-22)18-11-9-8-10-12-18/h8-12,14-17,19,25,28-31,35,40-44H,13H2,1-7H3,(H,37,45)(H,38,46)/t19-,25-,28+,29+,30+,31-,35-/m1/s1. The van der Waals surface area contributed by atoms with Crippen LogP contribution in [-0.4, -0.2) is 91.7 Å². The minimum absolute atomic E-state index is 0.00330. The quantitative estimate of drug-likeness (QED) is 0.111. The predicted molar refractivity (Wildman–Crippen MR) is 183 cm³/mol. The summed E-state index contributed by atoms with van der Waals surface area (Å²) < 4.78 is 22.5. The van der Waals surface area contributed by atoms with Crippen LogP contribution in [0.15, 0.2) is 51.7 Å². The Bertz CT molecular complexity index is 1780. The number of benzene rings is 2. The summed E-state index contributed by atoms with van der Waals surface area (Å²) in [4.78, 5) is 52.8. The fourth-order valence-electron chi connectivity index (χ4n) is 5.48. The van der Waals surface area contributed by atoms with Gasteiger partial charge in [0.05, 0.1) is 0 Å². The molecule has 1 aromatic heterocycles. The molecule has 15 heteroatoms. The Kier molecular flexibility index (Phi) is 12.0. The molecule has 7 atom stereocenters. The van der Waals surface area contributed by atoms with E-state index < -0.39 is 94.8 Å². The third-order valence-electron chi connectivity index (χ3n) is 8.02. The Labute approximate surface area is 294 Å². The molecule has 2 aromatic carbocycles. The third kappa shape index (κ3) is 9.16. The van der Waals surface area contributed by atoms with E-state index in [0.717, 1.165) is 12.1 Å². The molecule has 1 aliphatic heterocycles. The molecule has 15 nitrogen and oxygen atoms in total. The van der Waals surface area contributed by atoms with Crippen LogP contribution < -0.4 is 20.8 Å². The minimum atomic E-state index is -2.02. The highest BCUT2D eigenvalue weighted by Crippen LogP contribution is 2.42. The highest BCUT2D eigenvalue weighted by atomic mass is 16.7. The second kappa shape index (κ2) is 15.7. The van der Waals surface area contributed by atoms with Crippen LogP contribution in [0.3, 0.4) is 0 Å². The lowest BCUT2D eigenvalue weighted by atomic mass is 9.96. The number of carbonyl (C=O) groups is 3. The number of hydrogen-bond acceptors (Lipinski definition) is 13. The Morgan fingerprint density at radius 1 is 0.902 bits per heavy atom. The van der Waals surface area contributed by atoms with Crippen molar-refractivity contribution in [2.45, 2.75) is 103 Å². The number of amides is 2.